The first-order valence-electron chi connectivity index (χ1n) is 3.18. The molecule has 0 fully saturated rings. The molecule has 0 atom stereocenters. The molecule has 0 radical (unpaired) electrons. The molecule has 3 nitrogen and oxygen atoms in total. The highest BCUT2D eigenvalue weighted by molar-refractivity contribution is 8.04. The third-order valence-electron chi connectivity index (χ3n) is 1.53. The Hall–Kier alpha value is -1.03. The summed E-state index contributed by atoms with van der Waals surface area (Å²) in [5.41, 5.74) is 0.520. The molecule has 11 heavy (non-hydrogen) atoms. The average molecular weight is 167 g/mol. The van der Waals surface area contributed by atoms with Gasteiger partial charge in [0, 0.05) is 5.75 Å². The van der Waals surface area contributed by atoms with Gasteiger partial charge in [0.1, 0.15) is 0 Å². The van der Waals surface area contributed by atoms with Crippen LogP contribution in [0.5, 0.6) is 0 Å². The normalized spacial score (nSPS) is 22.2. The van der Waals surface area contributed by atoms with Crippen molar-refractivity contribution in [3.63, 3.8) is 0 Å². The first-order chi connectivity index (χ1) is 5.29. The number of hydrogen-bond donors (Lipinski definition) is 1. The van der Waals surface area contributed by atoms with Crippen LogP contribution in [0, 0.1) is 0 Å². The van der Waals surface area contributed by atoms with Crippen molar-refractivity contribution in [2.45, 2.75) is 0 Å². The van der Waals surface area contributed by atoms with Gasteiger partial charge >= 0.3 is 0 Å². The number of thioether (sulfide) groups is 1. The second-order valence-electron chi connectivity index (χ2n) is 2.24. The summed E-state index contributed by atoms with van der Waals surface area (Å²) in [5, 5.41) is 2.23. The van der Waals surface area contributed by atoms with Gasteiger partial charge in [-0.05, 0) is 0 Å². The first kappa shape index (κ1) is 6.67. The lowest BCUT2D eigenvalue weighted by Crippen LogP contribution is -2.22. The minimum absolute atomic E-state index is 0.251. The minimum Gasteiger partial charge on any atom is -0.288 e. The molecule has 56 valence electrons. The largest absolute Gasteiger partial charge is 0.288 e. The highest BCUT2D eigenvalue weighted by Gasteiger charge is 2.29. The van der Waals surface area contributed by atoms with E-state index in [1.807, 2.05) is 6.08 Å². The molecule has 2 heterocycles. The van der Waals surface area contributed by atoms with E-state index in [1.165, 1.54) is 11.8 Å². The van der Waals surface area contributed by atoms with Crippen LogP contribution in [0.15, 0.2) is 22.6 Å². The quantitative estimate of drug-likeness (QED) is 0.524. The van der Waals surface area contributed by atoms with Gasteiger partial charge in [-0.3, -0.25) is 14.9 Å². The summed E-state index contributed by atoms with van der Waals surface area (Å²) in [6, 6.07) is 0. The standard InChI is InChI=1S/C7H5NO2S/c9-6-4-2-1-3-11-5(4)7(10)8-6/h1-2H,3H2,(H,8,9,10). The van der Waals surface area contributed by atoms with Crippen LogP contribution in [0.4, 0.5) is 0 Å². The molecule has 0 spiro atoms. The van der Waals surface area contributed by atoms with Gasteiger partial charge < -0.3 is 0 Å². The van der Waals surface area contributed by atoms with Crippen LogP contribution in [-0.4, -0.2) is 17.6 Å². The monoisotopic (exact) mass is 167 g/mol. The van der Waals surface area contributed by atoms with Crippen LogP contribution in [0.1, 0.15) is 0 Å². The van der Waals surface area contributed by atoms with Gasteiger partial charge in [-0.15, -0.1) is 11.8 Å². The Morgan fingerprint density at radius 2 is 2.18 bits per heavy atom. The maximum atomic E-state index is 11.0. The predicted molar refractivity (Wildman–Crippen MR) is 41.8 cm³/mol. The number of carbonyl (C=O) groups is 2. The zero-order valence-electron chi connectivity index (χ0n) is 5.59. The number of amides is 2. The Balaban J connectivity index is 2.49. The Bertz CT molecular complexity index is 304. The Kier molecular flexibility index (Phi) is 1.35. The van der Waals surface area contributed by atoms with E-state index in [0.29, 0.717) is 10.5 Å². The van der Waals surface area contributed by atoms with E-state index in [9.17, 15) is 9.59 Å². The highest BCUT2D eigenvalue weighted by Crippen LogP contribution is 2.28. The summed E-state index contributed by atoms with van der Waals surface area (Å²) in [4.78, 5) is 22.5. The van der Waals surface area contributed by atoms with Crippen LogP contribution in [0.3, 0.4) is 0 Å². The Morgan fingerprint density at radius 1 is 1.36 bits per heavy atom. The minimum atomic E-state index is -0.270. The van der Waals surface area contributed by atoms with Crippen molar-refractivity contribution in [1.82, 2.24) is 5.32 Å². The molecular formula is C7H5NO2S. The van der Waals surface area contributed by atoms with Gasteiger partial charge in [-0.1, -0.05) is 12.2 Å². The fraction of sp³-hybridized carbons (Fsp3) is 0.143. The number of rotatable bonds is 0. The predicted octanol–water partition coefficient (Wildman–Crippen LogP) is 0.200. The van der Waals surface area contributed by atoms with E-state index in [0.717, 1.165) is 5.75 Å². The smallest absolute Gasteiger partial charge is 0.265 e. The maximum Gasteiger partial charge on any atom is 0.265 e. The van der Waals surface area contributed by atoms with E-state index < -0.39 is 0 Å². The maximum absolute atomic E-state index is 11.0. The molecule has 2 aliphatic rings. The molecule has 0 aromatic heterocycles. The van der Waals surface area contributed by atoms with Crippen molar-refractivity contribution in [3.8, 4) is 0 Å². The lowest BCUT2D eigenvalue weighted by molar-refractivity contribution is -0.123. The van der Waals surface area contributed by atoms with Crippen LogP contribution in [0.2, 0.25) is 0 Å². The van der Waals surface area contributed by atoms with Gasteiger partial charge in [0.05, 0.1) is 10.5 Å². The number of imide groups is 1. The van der Waals surface area contributed by atoms with Crippen LogP contribution < -0.4 is 5.32 Å². The van der Waals surface area contributed by atoms with E-state index in [-0.39, 0.29) is 11.8 Å². The van der Waals surface area contributed by atoms with E-state index in [1.54, 1.807) is 6.08 Å². The first-order valence-corrected chi connectivity index (χ1v) is 4.17. The van der Waals surface area contributed by atoms with Crippen LogP contribution in [0.25, 0.3) is 0 Å². The molecule has 0 aromatic carbocycles. The Morgan fingerprint density at radius 3 is 2.91 bits per heavy atom. The number of nitrogens with one attached hydrogen (secondary N) is 1. The molecule has 0 aromatic rings. The van der Waals surface area contributed by atoms with Crippen molar-refractivity contribution in [3.05, 3.63) is 22.6 Å². The molecule has 0 aliphatic carbocycles. The van der Waals surface area contributed by atoms with Crippen LogP contribution in [-0.2, 0) is 9.59 Å². The zero-order valence-corrected chi connectivity index (χ0v) is 6.40. The SMILES string of the molecule is O=C1NC(=O)C2=C1C=CCS2. The summed E-state index contributed by atoms with van der Waals surface area (Å²) in [6.07, 6.45) is 3.58. The fourth-order valence-corrected chi connectivity index (χ4v) is 1.90. The molecule has 0 unspecified atom stereocenters. The lowest BCUT2D eigenvalue weighted by Gasteiger charge is -2.01. The van der Waals surface area contributed by atoms with Gasteiger partial charge in [0.2, 0.25) is 0 Å². The summed E-state index contributed by atoms with van der Waals surface area (Å²) in [7, 11) is 0. The number of carbonyl (C=O) groups excluding carboxylic acids is 2. The average Bonchev–Trinajstić information content (AvgIpc) is 2.30. The van der Waals surface area contributed by atoms with E-state index >= 15 is 0 Å². The van der Waals surface area contributed by atoms with Gasteiger partial charge in [0.25, 0.3) is 11.8 Å². The second kappa shape index (κ2) is 2.23. The second-order valence-corrected chi connectivity index (χ2v) is 3.27. The summed E-state index contributed by atoms with van der Waals surface area (Å²) >= 11 is 1.41. The van der Waals surface area contributed by atoms with Gasteiger partial charge in [0.15, 0.2) is 0 Å². The van der Waals surface area contributed by atoms with Crippen molar-refractivity contribution in [2.24, 2.45) is 0 Å². The van der Waals surface area contributed by atoms with Crippen molar-refractivity contribution < 1.29 is 9.59 Å². The molecule has 0 bridgehead atoms. The number of hydrogen-bond acceptors (Lipinski definition) is 3. The molecule has 2 rings (SSSR count). The summed E-state index contributed by atoms with van der Waals surface area (Å²) in [6.45, 7) is 0. The van der Waals surface area contributed by atoms with Gasteiger partial charge in [-0.25, -0.2) is 0 Å². The summed E-state index contributed by atoms with van der Waals surface area (Å²) < 4.78 is 0. The lowest BCUT2D eigenvalue weighted by atomic mass is 10.2. The van der Waals surface area contributed by atoms with Crippen molar-refractivity contribution in [2.75, 3.05) is 5.75 Å². The fourth-order valence-electron chi connectivity index (χ4n) is 1.04. The van der Waals surface area contributed by atoms with Crippen LogP contribution >= 0.6 is 11.8 Å². The third-order valence-corrected chi connectivity index (χ3v) is 2.58. The zero-order chi connectivity index (χ0) is 7.84. The van der Waals surface area contributed by atoms with Crippen molar-refractivity contribution in [1.29, 1.82) is 0 Å². The molecule has 0 saturated heterocycles. The highest BCUT2D eigenvalue weighted by atomic mass is 32.2. The molecule has 0 saturated carbocycles. The molecule has 2 amide bonds. The summed E-state index contributed by atoms with van der Waals surface area (Å²) in [5.74, 6) is 0.257. The molecule has 1 N–H and O–H groups in total. The van der Waals surface area contributed by atoms with E-state index in [4.69, 9.17) is 0 Å². The van der Waals surface area contributed by atoms with E-state index in [2.05, 4.69) is 5.32 Å². The molecule has 4 heteroatoms. The third kappa shape index (κ3) is 0.903. The Labute approximate surface area is 67.5 Å². The molecular weight excluding hydrogens is 162 g/mol. The topological polar surface area (TPSA) is 46.2 Å². The van der Waals surface area contributed by atoms with Crippen molar-refractivity contribution >= 4 is 23.6 Å². The van der Waals surface area contributed by atoms with Gasteiger partial charge in [-0.2, -0.15) is 0 Å². The molecule has 2 aliphatic heterocycles.